The van der Waals surface area contributed by atoms with Crippen molar-refractivity contribution in [1.29, 1.82) is 0 Å². The van der Waals surface area contributed by atoms with Crippen molar-refractivity contribution in [2.24, 2.45) is 0 Å². The Morgan fingerprint density at radius 1 is 0.345 bits per heavy atom. The molecule has 1 heteroatoms. The Labute approximate surface area is 328 Å². The predicted octanol–water partition coefficient (Wildman–Crippen LogP) is 15.5. The van der Waals surface area contributed by atoms with Crippen LogP contribution in [0.1, 0.15) is 11.0 Å². The van der Waals surface area contributed by atoms with Crippen molar-refractivity contribution in [1.82, 2.24) is 0 Å². The van der Waals surface area contributed by atoms with Gasteiger partial charge in [-0.15, -0.1) is 0 Å². The van der Waals surface area contributed by atoms with Gasteiger partial charge in [0.05, 0.1) is 11.0 Å². The molecule has 11 aromatic carbocycles. The van der Waals surface area contributed by atoms with Crippen LogP contribution in [-0.4, -0.2) is 0 Å². The van der Waals surface area contributed by atoms with Crippen molar-refractivity contribution < 1.29 is 15.4 Å². The molecule has 0 atom stereocenters. The summed E-state index contributed by atoms with van der Waals surface area (Å²) in [6.45, 7) is 0. The van der Waals surface area contributed by atoms with Crippen LogP contribution in [0.3, 0.4) is 0 Å². The summed E-state index contributed by atoms with van der Waals surface area (Å²) in [4.78, 5) is 0. The third kappa shape index (κ3) is 4.54. The van der Waals surface area contributed by atoms with Gasteiger partial charge in [0.1, 0.15) is 11.2 Å². The number of benzene rings is 11. The van der Waals surface area contributed by atoms with E-state index in [0.717, 1.165) is 76.2 Å². The monoisotopic (exact) mass is 704 g/mol. The van der Waals surface area contributed by atoms with Crippen LogP contribution in [0.15, 0.2) is 198 Å². The number of fused-ring (bicyclic) bond motifs is 11. The molecule has 0 aliphatic rings. The highest BCUT2D eigenvalue weighted by Crippen LogP contribution is 2.46. The van der Waals surface area contributed by atoms with Crippen molar-refractivity contribution in [3.63, 3.8) is 0 Å². The highest BCUT2D eigenvalue weighted by atomic mass is 16.3. The summed E-state index contributed by atoms with van der Waals surface area (Å²) in [6, 6.07) is 45.4. The molecule has 1 aromatic heterocycles. The van der Waals surface area contributed by atoms with Crippen LogP contribution in [0.5, 0.6) is 0 Å². The molecular weight excluding hydrogens is 665 g/mol. The highest BCUT2D eigenvalue weighted by Gasteiger charge is 2.19. The summed E-state index contributed by atoms with van der Waals surface area (Å²) < 4.78 is 80.3. The number of furan rings is 1. The maximum Gasteiger partial charge on any atom is 0.143 e. The maximum atomic E-state index is 9.51. The molecule has 1 heterocycles. The van der Waals surface area contributed by atoms with Crippen molar-refractivity contribution in [2.75, 3.05) is 0 Å². The first-order valence-electron chi connectivity index (χ1n) is 22.3. The number of para-hydroxylation sites is 1. The Hall–Kier alpha value is -7.22. The molecule has 0 aliphatic heterocycles. The summed E-state index contributed by atoms with van der Waals surface area (Å²) in [7, 11) is 0. The summed E-state index contributed by atoms with van der Waals surface area (Å²) in [5.41, 5.74) is 5.15. The van der Waals surface area contributed by atoms with E-state index in [1.54, 1.807) is 0 Å². The van der Waals surface area contributed by atoms with E-state index in [-0.39, 0.29) is 45.7 Å². The standard InChI is InChI=1S/C54H32O/c1-3-13-41-34(11-1)23-24-35-25-28-39(32-48(35)41)52-45-17-7-5-15-43(45)51(44-16-6-8-18-46(44)52)38-27-22-33-21-26-37(29-40(33)30-38)49-31-36-12-2-4-14-42(36)53-47-19-9-10-20-50(47)55-54(49)53/h1-32H/i5D,6D,7D,8D,15D,16D,17D,18D. The third-order valence-electron chi connectivity index (χ3n) is 11.2. The van der Waals surface area contributed by atoms with Crippen LogP contribution in [0.2, 0.25) is 0 Å². The van der Waals surface area contributed by atoms with Gasteiger partial charge < -0.3 is 4.42 Å². The molecular formula is C54H32O. The lowest BCUT2D eigenvalue weighted by Gasteiger charge is -2.18. The molecule has 1 nitrogen and oxygen atoms in total. The first kappa shape index (κ1) is 23.4. The summed E-state index contributed by atoms with van der Waals surface area (Å²) in [5, 5.41) is 10.6. The van der Waals surface area contributed by atoms with Crippen molar-refractivity contribution in [3.05, 3.63) is 194 Å². The molecule has 0 unspecified atom stereocenters. The van der Waals surface area contributed by atoms with Gasteiger partial charge in [0.15, 0.2) is 0 Å². The fourth-order valence-electron chi connectivity index (χ4n) is 8.72. The van der Waals surface area contributed by atoms with Crippen LogP contribution in [0.25, 0.3) is 120 Å². The first-order chi connectivity index (χ1) is 30.6. The molecule has 12 aromatic rings. The van der Waals surface area contributed by atoms with Crippen LogP contribution < -0.4 is 0 Å². The zero-order valence-corrected chi connectivity index (χ0v) is 29.3. The lowest BCUT2D eigenvalue weighted by Crippen LogP contribution is -1.91. The van der Waals surface area contributed by atoms with E-state index < -0.39 is 24.2 Å². The Bertz CT molecular complexity index is 3940. The lowest BCUT2D eigenvalue weighted by atomic mass is 9.85. The van der Waals surface area contributed by atoms with E-state index in [2.05, 4.69) is 42.5 Å². The van der Waals surface area contributed by atoms with Crippen LogP contribution in [0.4, 0.5) is 0 Å². The fraction of sp³-hybridized carbons (Fsp3) is 0. The molecule has 0 N–H and O–H groups in total. The number of hydrogen-bond acceptors (Lipinski definition) is 1. The normalized spacial score (nSPS) is 14.0. The van der Waals surface area contributed by atoms with Crippen LogP contribution in [-0.2, 0) is 0 Å². The van der Waals surface area contributed by atoms with E-state index in [9.17, 15) is 5.48 Å². The van der Waals surface area contributed by atoms with Gasteiger partial charge in [-0.1, -0.05) is 164 Å². The Morgan fingerprint density at radius 3 is 1.56 bits per heavy atom. The second-order valence-corrected chi connectivity index (χ2v) is 14.2. The molecule has 0 fully saturated rings. The van der Waals surface area contributed by atoms with Gasteiger partial charge in [-0.2, -0.15) is 0 Å². The minimum Gasteiger partial charge on any atom is -0.455 e. The minimum atomic E-state index is -0.432. The lowest BCUT2D eigenvalue weighted by molar-refractivity contribution is 0.670. The molecule has 0 amide bonds. The Kier molecular flexibility index (Phi) is 4.96. The predicted molar refractivity (Wildman–Crippen MR) is 235 cm³/mol. The third-order valence-corrected chi connectivity index (χ3v) is 11.2. The van der Waals surface area contributed by atoms with Crippen molar-refractivity contribution in [2.45, 2.75) is 0 Å². The topological polar surface area (TPSA) is 13.1 Å². The van der Waals surface area contributed by atoms with Gasteiger partial charge in [-0.25, -0.2) is 0 Å². The Morgan fingerprint density at radius 2 is 0.855 bits per heavy atom. The number of rotatable bonds is 3. The molecule has 0 saturated carbocycles. The second-order valence-electron chi connectivity index (χ2n) is 14.2. The maximum absolute atomic E-state index is 9.51. The quantitative estimate of drug-likeness (QED) is 0.132. The summed E-state index contributed by atoms with van der Waals surface area (Å²) in [5.74, 6) is 0. The molecule has 0 saturated heterocycles. The molecule has 0 aliphatic carbocycles. The first-order valence-corrected chi connectivity index (χ1v) is 18.3. The summed E-state index contributed by atoms with van der Waals surface area (Å²) in [6.07, 6.45) is 0. The molecule has 55 heavy (non-hydrogen) atoms. The molecule has 0 spiro atoms. The van der Waals surface area contributed by atoms with Gasteiger partial charge in [-0.3, -0.25) is 0 Å². The van der Waals surface area contributed by atoms with Gasteiger partial charge in [0, 0.05) is 16.3 Å². The van der Waals surface area contributed by atoms with Gasteiger partial charge >= 0.3 is 0 Å². The van der Waals surface area contributed by atoms with E-state index in [4.69, 9.17) is 9.90 Å². The second kappa shape index (κ2) is 11.6. The zero-order chi connectivity index (χ0) is 43.0. The SMILES string of the molecule is [2H]c1c([2H])c([2H])c2c(-c3ccc4ccc5ccccc5c4c3)c3c([2H])c([2H])c([2H])c([2H])c3c(-c3ccc4ccc(-c5cc6ccccc6c6c5oc5ccccc56)cc4c3)c2c1[2H]. The van der Waals surface area contributed by atoms with Crippen LogP contribution in [0, 0.1) is 0 Å². The molecule has 12 rings (SSSR count). The Balaban J connectivity index is 1.19. The van der Waals surface area contributed by atoms with Crippen molar-refractivity contribution >= 4 is 86.6 Å². The smallest absolute Gasteiger partial charge is 0.143 e. The van der Waals surface area contributed by atoms with E-state index >= 15 is 0 Å². The van der Waals surface area contributed by atoms with Gasteiger partial charge in [0.25, 0.3) is 0 Å². The number of hydrogen-bond donors (Lipinski definition) is 0. The zero-order valence-electron chi connectivity index (χ0n) is 37.3. The van der Waals surface area contributed by atoms with Crippen LogP contribution >= 0.6 is 0 Å². The highest BCUT2D eigenvalue weighted by molar-refractivity contribution is 6.24. The largest absolute Gasteiger partial charge is 0.455 e. The molecule has 254 valence electrons. The average Bonchev–Trinajstić information content (AvgIpc) is 3.72. The van der Waals surface area contributed by atoms with E-state index in [1.807, 2.05) is 103 Å². The van der Waals surface area contributed by atoms with E-state index in [1.165, 1.54) is 0 Å². The van der Waals surface area contributed by atoms with Crippen molar-refractivity contribution in [3.8, 4) is 33.4 Å². The molecule has 0 radical (unpaired) electrons. The van der Waals surface area contributed by atoms with E-state index in [0.29, 0.717) is 22.3 Å². The fourth-order valence-corrected chi connectivity index (χ4v) is 8.72. The summed E-state index contributed by atoms with van der Waals surface area (Å²) >= 11 is 0. The molecule has 0 bridgehead atoms. The minimum absolute atomic E-state index is 0.181. The van der Waals surface area contributed by atoms with Gasteiger partial charge in [0.2, 0.25) is 0 Å². The van der Waals surface area contributed by atoms with Gasteiger partial charge in [-0.05, 0) is 123 Å². The average molecular weight is 705 g/mol.